The maximum Gasteiger partial charge on any atom is 0.326 e. The Bertz CT molecular complexity index is 1090. The molecule has 31 heavy (non-hydrogen) atoms. The van der Waals surface area contributed by atoms with Crippen molar-refractivity contribution in [2.75, 3.05) is 13.1 Å². The number of H-pyrrole nitrogens is 1. The molecule has 7 heteroatoms. The van der Waals surface area contributed by atoms with Crippen LogP contribution in [0.3, 0.4) is 0 Å². The van der Waals surface area contributed by atoms with Gasteiger partial charge < -0.3 is 15.2 Å². The Morgan fingerprint density at radius 2 is 1.71 bits per heavy atom. The van der Waals surface area contributed by atoms with Crippen LogP contribution < -0.4 is 11.0 Å². The highest BCUT2D eigenvalue weighted by molar-refractivity contribution is 5.94. The number of hydrogen-bond acceptors (Lipinski definition) is 4. The third-order valence-corrected chi connectivity index (χ3v) is 6.96. The number of hydrogen-bond donors (Lipinski definition) is 2. The molecule has 1 aliphatic carbocycles. The number of rotatable bonds is 4. The van der Waals surface area contributed by atoms with E-state index in [1.54, 1.807) is 24.5 Å². The number of carbonyl (C=O) groups is 1. The summed E-state index contributed by atoms with van der Waals surface area (Å²) in [5.74, 6) is -0.0313. The monoisotopic (exact) mass is 419 g/mol. The van der Waals surface area contributed by atoms with E-state index in [1.807, 2.05) is 28.8 Å². The summed E-state index contributed by atoms with van der Waals surface area (Å²) in [5, 5.41) is 3.16. The number of para-hydroxylation sites is 2. The molecule has 3 heterocycles. The molecular formula is C24H29N5O2. The first-order valence-corrected chi connectivity index (χ1v) is 11.3. The topological polar surface area (TPSA) is 83.0 Å². The fourth-order valence-corrected chi connectivity index (χ4v) is 5.29. The van der Waals surface area contributed by atoms with E-state index in [1.165, 1.54) is 0 Å². The second kappa shape index (κ2) is 8.67. The molecule has 0 bridgehead atoms. The lowest BCUT2D eigenvalue weighted by molar-refractivity contribution is 0.0842. The Labute approximate surface area is 181 Å². The fraction of sp³-hybridized carbons (Fsp3) is 0.458. The lowest BCUT2D eigenvalue weighted by Crippen LogP contribution is -2.49. The summed E-state index contributed by atoms with van der Waals surface area (Å²) in [5.41, 5.74) is 2.57. The van der Waals surface area contributed by atoms with Crippen LogP contribution in [0.1, 0.15) is 54.9 Å². The van der Waals surface area contributed by atoms with Crippen molar-refractivity contribution in [2.45, 2.75) is 56.7 Å². The van der Waals surface area contributed by atoms with Gasteiger partial charge in [-0.05, 0) is 62.8 Å². The van der Waals surface area contributed by atoms with Crippen LogP contribution in [0.15, 0.2) is 53.6 Å². The zero-order chi connectivity index (χ0) is 21.2. The van der Waals surface area contributed by atoms with Crippen LogP contribution in [0.4, 0.5) is 0 Å². The number of aromatic amines is 1. The Balaban J connectivity index is 1.14. The fourth-order valence-electron chi connectivity index (χ4n) is 5.29. The minimum atomic E-state index is -0.0313. The van der Waals surface area contributed by atoms with Crippen molar-refractivity contribution >= 4 is 16.9 Å². The number of fused-ring (bicyclic) bond motifs is 1. The number of imidazole rings is 1. The first-order chi connectivity index (χ1) is 15.2. The van der Waals surface area contributed by atoms with Gasteiger partial charge in [0.2, 0.25) is 0 Å². The Kier molecular flexibility index (Phi) is 5.59. The van der Waals surface area contributed by atoms with Crippen LogP contribution in [0.2, 0.25) is 0 Å². The molecule has 1 saturated heterocycles. The van der Waals surface area contributed by atoms with Crippen molar-refractivity contribution in [1.29, 1.82) is 0 Å². The number of benzene rings is 1. The highest BCUT2D eigenvalue weighted by atomic mass is 16.2. The maximum atomic E-state index is 12.5. The van der Waals surface area contributed by atoms with Crippen LogP contribution in [0.5, 0.6) is 0 Å². The average molecular weight is 420 g/mol. The normalized spacial score (nSPS) is 23.1. The molecule has 0 atom stereocenters. The number of aromatic nitrogens is 3. The molecule has 7 nitrogen and oxygen atoms in total. The minimum absolute atomic E-state index is 0.00909. The molecule has 0 unspecified atom stereocenters. The summed E-state index contributed by atoms with van der Waals surface area (Å²) < 4.78 is 1.96. The van der Waals surface area contributed by atoms with Gasteiger partial charge in [-0.15, -0.1) is 0 Å². The predicted octanol–water partition coefficient (Wildman–Crippen LogP) is 3.10. The number of pyridine rings is 1. The third-order valence-electron chi connectivity index (χ3n) is 6.96. The number of amides is 1. The largest absolute Gasteiger partial charge is 0.349 e. The summed E-state index contributed by atoms with van der Waals surface area (Å²) in [6.07, 6.45) is 9.54. The molecule has 2 aromatic heterocycles. The van der Waals surface area contributed by atoms with E-state index in [4.69, 9.17) is 0 Å². The van der Waals surface area contributed by atoms with E-state index in [0.29, 0.717) is 11.6 Å². The van der Waals surface area contributed by atoms with E-state index in [-0.39, 0.29) is 23.7 Å². The average Bonchev–Trinajstić information content (AvgIpc) is 3.16. The molecule has 1 aromatic carbocycles. The molecular weight excluding hydrogens is 390 g/mol. The molecule has 162 valence electrons. The van der Waals surface area contributed by atoms with E-state index in [2.05, 4.69) is 20.2 Å². The summed E-state index contributed by atoms with van der Waals surface area (Å²) in [6.45, 7) is 2.03. The first kappa shape index (κ1) is 20.0. The number of nitrogens with one attached hydrogen (secondary N) is 2. The van der Waals surface area contributed by atoms with Crippen LogP contribution in [-0.4, -0.2) is 50.5 Å². The Morgan fingerprint density at radius 1 is 0.968 bits per heavy atom. The second-order valence-corrected chi connectivity index (χ2v) is 8.81. The summed E-state index contributed by atoms with van der Waals surface area (Å²) in [7, 11) is 0. The third kappa shape index (κ3) is 4.14. The molecule has 0 spiro atoms. The predicted molar refractivity (Wildman–Crippen MR) is 120 cm³/mol. The van der Waals surface area contributed by atoms with Gasteiger partial charge in [0.05, 0.1) is 16.6 Å². The molecule has 0 radical (unpaired) electrons. The quantitative estimate of drug-likeness (QED) is 0.681. The van der Waals surface area contributed by atoms with E-state index >= 15 is 0 Å². The zero-order valence-corrected chi connectivity index (χ0v) is 17.7. The standard InChI is InChI=1S/C24H29N5O2/c30-23(17-4-3-13-25-16-17)26-18-11-14-28(15-12-18)19-7-9-20(10-8-19)29-22-6-2-1-5-21(22)27-24(29)31/h1-6,13,16,18-20H,7-12,14-15H2,(H,26,30)(H,27,31). The summed E-state index contributed by atoms with van der Waals surface area (Å²) in [4.78, 5) is 34.5. The van der Waals surface area contributed by atoms with Gasteiger partial charge in [-0.2, -0.15) is 0 Å². The van der Waals surface area contributed by atoms with Crippen molar-refractivity contribution in [3.63, 3.8) is 0 Å². The van der Waals surface area contributed by atoms with Crippen LogP contribution >= 0.6 is 0 Å². The van der Waals surface area contributed by atoms with E-state index in [9.17, 15) is 9.59 Å². The van der Waals surface area contributed by atoms with Gasteiger partial charge >= 0.3 is 5.69 Å². The van der Waals surface area contributed by atoms with Crippen molar-refractivity contribution < 1.29 is 4.79 Å². The summed E-state index contributed by atoms with van der Waals surface area (Å²) in [6, 6.07) is 12.6. The summed E-state index contributed by atoms with van der Waals surface area (Å²) >= 11 is 0. The SMILES string of the molecule is O=C(NC1CCN(C2CCC(n3c(=O)[nH]c4ccccc43)CC2)CC1)c1cccnc1. The van der Waals surface area contributed by atoms with Crippen molar-refractivity contribution in [1.82, 2.24) is 24.8 Å². The maximum absolute atomic E-state index is 12.5. The van der Waals surface area contributed by atoms with Crippen molar-refractivity contribution in [3.8, 4) is 0 Å². The van der Waals surface area contributed by atoms with E-state index in [0.717, 1.165) is 62.6 Å². The van der Waals surface area contributed by atoms with Crippen LogP contribution in [-0.2, 0) is 0 Å². The zero-order valence-electron chi connectivity index (χ0n) is 17.7. The smallest absolute Gasteiger partial charge is 0.326 e. The van der Waals surface area contributed by atoms with Crippen molar-refractivity contribution in [3.05, 3.63) is 64.8 Å². The molecule has 1 amide bonds. The van der Waals surface area contributed by atoms with Crippen LogP contribution in [0, 0.1) is 0 Å². The second-order valence-electron chi connectivity index (χ2n) is 8.81. The molecule has 1 aliphatic heterocycles. The molecule has 2 N–H and O–H groups in total. The van der Waals surface area contributed by atoms with Gasteiger partial charge in [-0.3, -0.25) is 14.3 Å². The van der Waals surface area contributed by atoms with Gasteiger partial charge in [0.25, 0.3) is 5.91 Å². The molecule has 5 rings (SSSR count). The van der Waals surface area contributed by atoms with Gasteiger partial charge in [0.1, 0.15) is 0 Å². The van der Waals surface area contributed by atoms with Gasteiger partial charge in [0.15, 0.2) is 0 Å². The molecule has 1 saturated carbocycles. The number of piperidine rings is 1. The Hall–Kier alpha value is -2.93. The van der Waals surface area contributed by atoms with Gasteiger partial charge in [0, 0.05) is 43.6 Å². The van der Waals surface area contributed by atoms with Crippen LogP contribution in [0.25, 0.3) is 11.0 Å². The number of likely N-dealkylation sites (tertiary alicyclic amines) is 1. The Morgan fingerprint density at radius 3 is 2.45 bits per heavy atom. The highest BCUT2D eigenvalue weighted by Gasteiger charge is 2.31. The number of nitrogens with zero attached hydrogens (tertiary/aromatic N) is 3. The van der Waals surface area contributed by atoms with Crippen molar-refractivity contribution in [2.24, 2.45) is 0 Å². The first-order valence-electron chi connectivity index (χ1n) is 11.3. The number of carbonyl (C=O) groups excluding carboxylic acids is 1. The lowest BCUT2D eigenvalue weighted by Gasteiger charge is -2.41. The highest BCUT2D eigenvalue weighted by Crippen LogP contribution is 2.33. The molecule has 3 aromatic rings. The lowest BCUT2D eigenvalue weighted by atomic mass is 9.88. The molecule has 2 aliphatic rings. The molecule has 2 fully saturated rings. The van der Waals surface area contributed by atoms with E-state index < -0.39 is 0 Å². The minimum Gasteiger partial charge on any atom is -0.349 e. The van der Waals surface area contributed by atoms with Gasteiger partial charge in [-0.25, -0.2) is 4.79 Å². The van der Waals surface area contributed by atoms with Gasteiger partial charge in [-0.1, -0.05) is 12.1 Å².